The van der Waals surface area contributed by atoms with Gasteiger partial charge in [0.25, 0.3) is 0 Å². The molecule has 0 spiro atoms. The van der Waals surface area contributed by atoms with E-state index in [2.05, 4.69) is 30.6 Å². The second-order valence-corrected chi connectivity index (χ2v) is 8.38. The molecule has 40 heavy (non-hydrogen) atoms. The summed E-state index contributed by atoms with van der Waals surface area (Å²) in [5.41, 5.74) is 0.927. The van der Waals surface area contributed by atoms with Crippen LogP contribution in [0.4, 0.5) is 10.6 Å². The van der Waals surface area contributed by atoms with Gasteiger partial charge in [0.15, 0.2) is 23.3 Å². The molecule has 14 nitrogen and oxygen atoms in total. The number of amides is 2. The number of carboxylic acids is 1. The Morgan fingerprint density at radius 2 is 1.82 bits per heavy atom. The smallest absolute Gasteiger partial charge is 0.341 e. The molecule has 3 aromatic heterocycles. The lowest BCUT2D eigenvalue weighted by Gasteiger charge is -2.27. The van der Waals surface area contributed by atoms with E-state index < -0.39 is 30.8 Å². The van der Waals surface area contributed by atoms with Crippen molar-refractivity contribution in [3.8, 4) is 5.88 Å². The molecular formula is C26H29N7O7. The molecule has 14 heteroatoms. The van der Waals surface area contributed by atoms with Crippen LogP contribution >= 0.6 is 0 Å². The molecule has 0 aliphatic carbocycles. The minimum atomic E-state index is -1.38. The van der Waals surface area contributed by atoms with Gasteiger partial charge >= 0.3 is 12.0 Å². The van der Waals surface area contributed by atoms with Gasteiger partial charge in [0.05, 0.1) is 6.10 Å². The molecule has 1 aromatic carbocycles. The second kappa shape index (κ2) is 13.4. The van der Waals surface area contributed by atoms with Crippen LogP contribution in [0, 0.1) is 0 Å². The first-order valence-electron chi connectivity index (χ1n) is 12.5. The highest BCUT2D eigenvalue weighted by molar-refractivity contribution is 5.95. The van der Waals surface area contributed by atoms with Crippen molar-refractivity contribution < 1.29 is 34.0 Å². The van der Waals surface area contributed by atoms with Gasteiger partial charge < -0.3 is 29.7 Å². The summed E-state index contributed by atoms with van der Waals surface area (Å²) in [6.07, 6.45) is 1.22. The summed E-state index contributed by atoms with van der Waals surface area (Å²) in [5.74, 6) is -1.06. The Bertz CT molecular complexity index is 1430. The van der Waals surface area contributed by atoms with Gasteiger partial charge in [0.1, 0.15) is 24.8 Å². The third-order valence-electron chi connectivity index (χ3n) is 5.66. The van der Waals surface area contributed by atoms with Gasteiger partial charge in [-0.1, -0.05) is 37.3 Å². The van der Waals surface area contributed by atoms with E-state index in [1.807, 2.05) is 6.92 Å². The van der Waals surface area contributed by atoms with Crippen molar-refractivity contribution in [2.45, 2.75) is 39.1 Å². The lowest BCUT2D eigenvalue weighted by molar-refractivity contribution is -0.284. The molecule has 4 aromatic rings. The highest BCUT2D eigenvalue weighted by Gasteiger charge is 2.26. The van der Waals surface area contributed by atoms with Crippen molar-refractivity contribution in [1.29, 1.82) is 0 Å². The van der Waals surface area contributed by atoms with Crippen LogP contribution in [-0.4, -0.2) is 66.0 Å². The number of aromatic carboxylic acids is 1. The van der Waals surface area contributed by atoms with E-state index in [-0.39, 0.29) is 35.0 Å². The summed E-state index contributed by atoms with van der Waals surface area (Å²) >= 11 is 0. The van der Waals surface area contributed by atoms with Crippen LogP contribution in [0.5, 0.6) is 5.88 Å². The van der Waals surface area contributed by atoms with Gasteiger partial charge in [-0.25, -0.2) is 29.5 Å². The van der Waals surface area contributed by atoms with E-state index in [1.54, 1.807) is 37.3 Å². The number of aromatic nitrogens is 5. The predicted octanol–water partition coefficient (Wildman–Crippen LogP) is 3.10. The zero-order valence-corrected chi connectivity index (χ0v) is 21.8. The number of pyridine rings is 1. The summed E-state index contributed by atoms with van der Waals surface area (Å²) in [6.45, 7) is 3.98. The highest BCUT2D eigenvalue weighted by Crippen LogP contribution is 2.28. The summed E-state index contributed by atoms with van der Waals surface area (Å²) in [7, 11) is 0. The van der Waals surface area contributed by atoms with Crippen LogP contribution in [0.25, 0.3) is 11.2 Å². The normalized spacial score (nSPS) is 13.4. The largest absolute Gasteiger partial charge is 0.477 e. The van der Waals surface area contributed by atoms with Crippen LogP contribution < -0.4 is 15.4 Å². The standard InChI is InChI=1S/C26H29N7O7/c1-3-17(13-38-22-18(23(34)35)11-8-12-28-22)39-26(40-24(36)16-9-6-5-7-10-16)33-15-31-19-20(29-14-30-21(19)33)32-25(37)27-4-2/h5-12,14-15,17,24,26,36H,3-4,13H2,1-2H3,(H,34,35)(H2,27,29,30,32,37)/t17?,24-,26?/m0/s1. The molecule has 0 fully saturated rings. The number of rotatable bonds is 13. The number of benzene rings is 1. The van der Waals surface area contributed by atoms with Gasteiger partial charge in [0, 0.05) is 18.3 Å². The second-order valence-electron chi connectivity index (χ2n) is 8.38. The predicted molar refractivity (Wildman–Crippen MR) is 141 cm³/mol. The van der Waals surface area contributed by atoms with Gasteiger partial charge in [0.2, 0.25) is 12.3 Å². The molecule has 2 amide bonds. The maximum atomic E-state index is 12.1. The topological polar surface area (TPSA) is 183 Å². The first kappa shape index (κ1) is 28.4. The number of urea groups is 1. The van der Waals surface area contributed by atoms with Gasteiger partial charge in [-0.2, -0.15) is 0 Å². The Morgan fingerprint density at radius 3 is 2.55 bits per heavy atom. The number of ether oxygens (including phenoxy) is 3. The molecular weight excluding hydrogens is 522 g/mol. The van der Waals surface area contributed by atoms with Crippen LogP contribution in [0.3, 0.4) is 0 Å². The molecule has 0 radical (unpaired) electrons. The van der Waals surface area contributed by atoms with Crippen molar-refractivity contribution >= 4 is 29.0 Å². The molecule has 4 rings (SSSR count). The fraction of sp³-hybridized carbons (Fsp3) is 0.308. The van der Waals surface area contributed by atoms with E-state index in [9.17, 15) is 19.8 Å². The van der Waals surface area contributed by atoms with Gasteiger partial charge in [-0.05, 0) is 25.5 Å². The molecule has 0 bridgehead atoms. The monoisotopic (exact) mass is 551 g/mol. The number of hydrogen-bond donors (Lipinski definition) is 4. The van der Waals surface area contributed by atoms with E-state index in [1.165, 1.54) is 35.6 Å². The minimum absolute atomic E-state index is 0.0549. The number of imidazole rings is 1. The Labute approximate surface area is 229 Å². The molecule has 0 aliphatic heterocycles. The molecule has 0 saturated heterocycles. The Hall–Kier alpha value is -4.66. The first-order valence-corrected chi connectivity index (χ1v) is 12.5. The van der Waals surface area contributed by atoms with Crippen LogP contribution in [-0.2, 0) is 9.47 Å². The number of anilines is 1. The molecule has 3 heterocycles. The Kier molecular flexibility index (Phi) is 9.51. The summed E-state index contributed by atoms with van der Waals surface area (Å²) in [4.78, 5) is 40.4. The zero-order valence-electron chi connectivity index (χ0n) is 21.8. The van der Waals surface area contributed by atoms with Gasteiger partial charge in [-0.3, -0.25) is 9.88 Å². The van der Waals surface area contributed by atoms with Crippen molar-refractivity contribution in [1.82, 2.24) is 29.8 Å². The number of carbonyl (C=O) groups excluding carboxylic acids is 1. The van der Waals surface area contributed by atoms with Gasteiger partial charge in [-0.15, -0.1) is 0 Å². The van der Waals surface area contributed by atoms with Crippen molar-refractivity contribution in [2.75, 3.05) is 18.5 Å². The fourth-order valence-electron chi connectivity index (χ4n) is 3.64. The lowest BCUT2D eigenvalue weighted by Crippen LogP contribution is -2.29. The van der Waals surface area contributed by atoms with E-state index in [0.29, 0.717) is 18.5 Å². The average Bonchev–Trinajstić information content (AvgIpc) is 3.40. The molecule has 2 unspecified atom stereocenters. The Morgan fingerprint density at radius 1 is 1.02 bits per heavy atom. The zero-order chi connectivity index (χ0) is 28.5. The molecule has 210 valence electrons. The number of aliphatic hydroxyl groups is 1. The van der Waals surface area contributed by atoms with Crippen molar-refractivity contribution in [2.24, 2.45) is 0 Å². The molecule has 0 aliphatic rings. The van der Waals surface area contributed by atoms with Crippen LogP contribution in [0.1, 0.15) is 48.9 Å². The number of fused-ring (bicyclic) bond motifs is 1. The van der Waals surface area contributed by atoms with E-state index in [4.69, 9.17) is 14.2 Å². The maximum Gasteiger partial charge on any atom is 0.341 e. The van der Waals surface area contributed by atoms with E-state index >= 15 is 0 Å². The number of aliphatic hydroxyl groups excluding tert-OH is 1. The number of hydrogen-bond acceptors (Lipinski definition) is 10. The van der Waals surface area contributed by atoms with Crippen LogP contribution in [0.2, 0.25) is 0 Å². The quantitative estimate of drug-likeness (QED) is 0.179. The third-order valence-corrected chi connectivity index (χ3v) is 5.66. The minimum Gasteiger partial charge on any atom is -0.477 e. The summed E-state index contributed by atoms with van der Waals surface area (Å²) in [5, 5.41) is 25.5. The van der Waals surface area contributed by atoms with Crippen molar-refractivity contribution in [3.63, 3.8) is 0 Å². The number of carbonyl (C=O) groups is 2. The third kappa shape index (κ3) is 6.85. The van der Waals surface area contributed by atoms with Crippen molar-refractivity contribution in [3.05, 3.63) is 72.4 Å². The Balaban J connectivity index is 1.62. The SMILES string of the molecule is CCNC(=O)Nc1ncnc2c1ncn2C(OC(CC)COc1ncccc1C(=O)O)O[C@H](O)c1ccccc1. The first-order chi connectivity index (χ1) is 19.4. The van der Waals surface area contributed by atoms with Crippen LogP contribution in [0.15, 0.2) is 61.3 Å². The summed E-state index contributed by atoms with van der Waals surface area (Å²) < 4.78 is 19.3. The summed E-state index contributed by atoms with van der Waals surface area (Å²) in [6, 6.07) is 11.1. The molecule has 0 saturated carbocycles. The number of nitrogens with one attached hydrogen (secondary N) is 2. The number of nitrogens with zero attached hydrogens (tertiary/aromatic N) is 5. The lowest BCUT2D eigenvalue weighted by atomic mass is 10.2. The number of carboxylic acid groups (broad SMARTS) is 1. The molecule has 4 N–H and O–H groups in total. The average molecular weight is 552 g/mol. The maximum absolute atomic E-state index is 12.1. The highest BCUT2D eigenvalue weighted by atomic mass is 16.7. The fourth-order valence-corrected chi connectivity index (χ4v) is 3.64. The van der Waals surface area contributed by atoms with E-state index in [0.717, 1.165) is 0 Å². The molecule has 3 atom stereocenters.